The molecule has 1 aliphatic rings. The Bertz CT molecular complexity index is 531. The average molecular weight is 329 g/mol. The van der Waals surface area contributed by atoms with Crippen LogP contribution in [0.2, 0.25) is 4.34 Å². The van der Waals surface area contributed by atoms with E-state index >= 15 is 0 Å². The van der Waals surface area contributed by atoms with Crippen LogP contribution in [0, 0.1) is 5.92 Å². The highest BCUT2D eigenvalue weighted by molar-refractivity contribution is 7.16. The zero-order valence-corrected chi connectivity index (χ0v) is 14.1. The van der Waals surface area contributed by atoms with Crippen molar-refractivity contribution < 1.29 is 9.59 Å². The molecule has 1 fully saturated rings. The van der Waals surface area contributed by atoms with E-state index in [0.29, 0.717) is 17.3 Å². The van der Waals surface area contributed by atoms with Crippen molar-refractivity contribution in [3.8, 4) is 0 Å². The number of hydrogen-bond donors (Lipinski definition) is 1. The number of nitrogens with one attached hydrogen (secondary N) is 1. The van der Waals surface area contributed by atoms with Crippen LogP contribution in [0.4, 0.5) is 0 Å². The number of hydrogen-bond acceptors (Lipinski definition) is 3. The summed E-state index contributed by atoms with van der Waals surface area (Å²) >= 11 is 7.43. The van der Waals surface area contributed by atoms with Gasteiger partial charge in [-0.2, -0.15) is 0 Å². The zero-order chi connectivity index (χ0) is 15.6. The molecule has 1 saturated heterocycles. The molecule has 2 heterocycles. The number of rotatable bonds is 4. The lowest BCUT2D eigenvalue weighted by Crippen LogP contribution is -2.49. The van der Waals surface area contributed by atoms with E-state index in [1.54, 1.807) is 4.90 Å². The third kappa shape index (κ3) is 3.77. The Morgan fingerprint density at radius 3 is 2.76 bits per heavy atom. The second kappa shape index (κ2) is 6.79. The van der Waals surface area contributed by atoms with Crippen LogP contribution in [-0.2, 0) is 16.1 Å². The van der Waals surface area contributed by atoms with Gasteiger partial charge in [0.2, 0.25) is 11.8 Å². The van der Waals surface area contributed by atoms with E-state index in [0.717, 1.165) is 11.3 Å². The van der Waals surface area contributed by atoms with Crippen LogP contribution in [0.5, 0.6) is 0 Å². The van der Waals surface area contributed by atoms with E-state index in [1.165, 1.54) is 11.3 Å². The van der Waals surface area contributed by atoms with Crippen molar-refractivity contribution in [2.75, 3.05) is 0 Å². The lowest BCUT2D eigenvalue weighted by atomic mass is 9.98. The van der Waals surface area contributed by atoms with Crippen molar-refractivity contribution in [1.82, 2.24) is 10.2 Å². The molecule has 2 amide bonds. The molecule has 3 atom stereocenters. The Balaban J connectivity index is 2.23. The Labute approximate surface area is 134 Å². The monoisotopic (exact) mass is 328 g/mol. The van der Waals surface area contributed by atoms with Crippen molar-refractivity contribution >= 4 is 34.8 Å². The standard InChI is InChI=1S/C15H21ClN2O2S/c1-4-9(2)14-15(20)18(10(3)7-13(19)17-14)8-11-5-6-12(16)21-11/h5-6,9-10,14H,4,7-8H2,1-3H3,(H,17,19). The van der Waals surface area contributed by atoms with Gasteiger partial charge >= 0.3 is 0 Å². The predicted octanol–water partition coefficient (Wildman–Crippen LogP) is 3.05. The molecule has 4 nitrogen and oxygen atoms in total. The van der Waals surface area contributed by atoms with Crippen LogP contribution in [0.1, 0.15) is 38.5 Å². The topological polar surface area (TPSA) is 49.4 Å². The summed E-state index contributed by atoms with van der Waals surface area (Å²) in [7, 11) is 0. The van der Waals surface area contributed by atoms with E-state index in [-0.39, 0.29) is 23.8 Å². The molecule has 2 rings (SSSR count). The van der Waals surface area contributed by atoms with Crippen LogP contribution in [0.25, 0.3) is 0 Å². The molecule has 0 bridgehead atoms. The summed E-state index contributed by atoms with van der Waals surface area (Å²) in [5.74, 6) is 0.0845. The second-order valence-electron chi connectivity index (χ2n) is 5.66. The Morgan fingerprint density at radius 2 is 2.19 bits per heavy atom. The maximum absolute atomic E-state index is 12.8. The summed E-state index contributed by atoms with van der Waals surface area (Å²) in [6.07, 6.45) is 1.20. The predicted molar refractivity (Wildman–Crippen MR) is 85.3 cm³/mol. The largest absolute Gasteiger partial charge is 0.344 e. The van der Waals surface area contributed by atoms with Crippen molar-refractivity contribution in [3.63, 3.8) is 0 Å². The molecular formula is C15H21ClN2O2S. The Morgan fingerprint density at radius 1 is 1.48 bits per heavy atom. The van der Waals surface area contributed by atoms with Crippen molar-refractivity contribution in [2.45, 2.75) is 52.2 Å². The number of carbonyl (C=O) groups excluding carboxylic acids is 2. The van der Waals surface area contributed by atoms with Gasteiger partial charge in [-0.1, -0.05) is 31.9 Å². The highest BCUT2D eigenvalue weighted by atomic mass is 35.5. The van der Waals surface area contributed by atoms with Crippen LogP contribution in [0.3, 0.4) is 0 Å². The molecule has 116 valence electrons. The Kier molecular flexibility index (Phi) is 5.27. The molecule has 0 radical (unpaired) electrons. The number of carbonyl (C=O) groups is 2. The second-order valence-corrected chi connectivity index (χ2v) is 7.46. The fourth-order valence-corrected chi connectivity index (χ4v) is 3.61. The van der Waals surface area contributed by atoms with E-state index in [4.69, 9.17) is 11.6 Å². The third-order valence-electron chi connectivity index (χ3n) is 4.05. The fourth-order valence-electron chi connectivity index (χ4n) is 2.53. The number of amides is 2. The number of nitrogens with zero attached hydrogens (tertiary/aromatic N) is 1. The quantitative estimate of drug-likeness (QED) is 0.923. The van der Waals surface area contributed by atoms with Gasteiger partial charge < -0.3 is 10.2 Å². The Hall–Kier alpha value is -1.07. The van der Waals surface area contributed by atoms with Gasteiger partial charge in [-0.3, -0.25) is 9.59 Å². The van der Waals surface area contributed by atoms with Gasteiger partial charge in [0.15, 0.2) is 0 Å². The molecule has 1 aromatic rings. The first-order chi connectivity index (χ1) is 9.92. The first-order valence-corrected chi connectivity index (χ1v) is 8.45. The lowest BCUT2D eigenvalue weighted by Gasteiger charge is -2.30. The summed E-state index contributed by atoms with van der Waals surface area (Å²) in [6.45, 7) is 6.46. The molecule has 1 N–H and O–H groups in total. The van der Waals surface area contributed by atoms with Gasteiger partial charge in [0.05, 0.1) is 10.9 Å². The normalized spacial score (nSPS) is 24.7. The minimum atomic E-state index is -0.428. The van der Waals surface area contributed by atoms with Crippen LogP contribution < -0.4 is 5.32 Å². The van der Waals surface area contributed by atoms with Gasteiger partial charge in [0, 0.05) is 17.3 Å². The van der Waals surface area contributed by atoms with Gasteiger partial charge in [-0.15, -0.1) is 11.3 Å². The summed E-state index contributed by atoms with van der Waals surface area (Å²) in [5, 5.41) is 2.88. The summed E-state index contributed by atoms with van der Waals surface area (Å²) < 4.78 is 0.715. The number of halogens is 1. The lowest BCUT2D eigenvalue weighted by molar-refractivity contribution is -0.136. The van der Waals surface area contributed by atoms with E-state index in [9.17, 15) is 9.59 Å². The molecule has 0 aliphatic carbocycles. The highest BCUT2D eigenvalue weighted by Crippen LogP contribution is 2.26. The van der Waals surface area contributed by atoms with E-state index in [2.05, 4.69) is 5.32 Å². The van der Waals surface area contributed by atoms with Gasteiger partial charge in [-0.25, -0.2) is 0 Å². The van der Waals surface area contributed by atoms with Gasteiger partial charge in [-0.05, 0) is 25.0 Å². The highest BCUT2D eigenvalue weighted by Gasteiger charge is 2.36. The third-order valence-corrected chi connectivity index (χ3v) is 5.26. The minimum absolute atomic E-state index is 0.00669. The van der Waals surface area contributed by atoms with Crippen molar-refractivity contribution in [2.24, 2.45) is 5.92 Å². The molecule has 0 aromatic carbocycles. The van der Waals surface area contributed by atoms with Crippen molar-refractivity contribution in [1.29, 1.82) is 0 Å². The van der Waals surface area contributed by atoms with Crippen LogP contribution in [-0.4, -0.2) is 28.8 Å². The van der Waals surface area contributed by atoms with Gasteiger partial charge in [0.25, 0.3) is 0 Å². The molecular weight excluding hydrogens is 308 g/mol. The fraction of sp³-hybridized carbons (Fsp3) is 0.600. The average Bonchev–Trinajstić information content (AvgIpc) is 2.81. The maximum Gasteiger partial charge on any atom is 0.246 e. The van der Waals surface area contributed by atoms with Crippen molar-refractivity contribution in [3.05, 3.63) is 21.3 Å². The molecule has 1 aromatic heterocycles. The molecule has 0 saturated carbocycles. The number of thiophene rings is 1. The molecule has 0 spiro atoms. The maximum atomic E-state index is 12.8. The van der Waals surface area contributed by atoms with Crippen LogP contribution >= 0.6 is 22.9 Å². The smallest absolute Gasteiger partial charge is 0.246 e. The van der Waals surface area contributed by atoms with Gasteiger partial charge in [0.1, 0.15) is 6.04 Å². The summed E-state index contributed by atoms with van der Waals surface area (Å²) in [6, 6.07) is 3.24. The van der Waals surface area contributed by atoms with E-state index < -0.39 is 6.04 Å². The minimum Gasteiger partial charge on any atom is -0.344 e. The first kappa shape index (κ1) is 16.3. The molecule has 3 unspecified atom stereocenters. The molecule has 21 heavy (non-hydrogen) atoms. The van der Waals surface area contributed by atoms with E-state index in [1.807, 2.05) is 32.9 Å². The summed E-state index contributed by atoms with van der Waals surface area (Å²) in [5.41, 5.74) is 0. The molecule has 6 heteroatoms. The SMILES string of the molecule is CCC(C)C1NC(=O)CC(C)N(Cc2ccc(Cl)s2)C1=O. The zero-order valence-electron chi connectivity index (χ0n) is 12.6. The van der Waals surface area contributed by atoms with Crippen LogP contribution in [0.15, 0.2) is 12.1 Å². The summed E-state index contributed by atoms with van der Waals surface area (Å²) in [4.78, 5) is 27.6. The first-order valence-electron chi connectivity index (χ1n) is 7.26. The molecule has 1 aliphatic heterocycles.